The molecule has 0 unspecified atom stereocenters. The first kappa shape index (κ1) is 17.1. The van der Waals surface area contributed by atoms with Crippen molar-refractivity contribution in [1.29, 1.82) is 0 Å². The lowest BCUT2D eigenvalue weighted by Crippen LogP contribution is -2.25. The van der Waals surface area contributed by atoms with Gasteiger partial charge in [0.1, 0.15) is 16.6 Å². The Labute approximate surface area is 144 Å². The molecular formula is C20H28ClFO. The molecule has 2 saturated carbocycles. The maximum atomic E-state index is 14.5. The first-order valence-electron chi connectivity index (χ1n) is 9.12. The van der Waals surface area contributed by atoms with Crippen molar-refractivity contribution in [3.63, 3.8) is 0 Å². The van der Waals surface area contributed by atoms with Gasteiger partial charge in [0.25, 0.3) is 0 Å². The molecule has 0 heterocycles. The molecule has 128 valence electrons. The minimum Gasteiger partial charge on any atom is -0.495 e. The zero-order chi connectivity index (χ0) is 16.4. The van der Waals surface area contributed by atoms with E-state index in [9.17, 15) is 4.39 Å². The quantitative estimate of drug-likeness (QED) is 0.604. The Bertz CT molecular complexity index is 529. The summed E-state index contributed by atoms with van der Waals surface area (Å²) in [4.78, 5) is 0. The van der Waals surface area contributed by atoms with Crippen LogP contribution in [0.3, 0.4) is 0 Å². The molecule has 0 amide bonds. The average Bonchev–Trinajstić information content (AvgIpc) is 2.58. The van der Waals surface area contributed by atoms with Gasteiger partial charge in [0, 0.05) is 0 Å². The Morgan fingerprint density at radius 1 is 0.957 bits per heavy atom. The second-order valence-electron chi connectivity index (χ2n) is 7.62. The number of hydrogen-bond acceptors (Lipinski definition) is 1. The molecule has 23 heavy (non-hydrogen) atoms. The minimum atomic E-state index is -0.277. The Morgan fingerprint density at radius 2 is 1.52 bits per heavy atom. The number of hydrogen-bond donors (Lipinski definition) is 0. The molecule has 2 fully saturated rings. The molecule has 1 aromatic rings. The van der Waals surface area contributed by atoms with Crippen molar-refractivity contribution >= 4 is 11.6 Å². The van der Waals surface area contributed by atoms with Crippen LogP contribution in [0.5, 0.6) is 5.75 Å². The molecule has 2 aliphatic rings. The maximum absolute atomic E-state index is 14.5. The predicted octanol–water partition coefficient (Wildman–Crippen LogP) is 6.59. The predicted molar refractivity (Wildman–Crippen MR) is 93.8 cm³/mol. The van der Waals surface area contributed by atoms with Crippen molar-refractivity contribution in [3.8, 4) is 5.75 Å². The summed E-state index contributed by atoms with van der Waals surface area (Å²) in [6, 6.07) is 3.67. The third kappa shape index (κ3) is 3.68. The van der Waals surface area contributed by atoms with E-state index < -0.39 is 0 Å². The van der Waals surface area contributed by atoms with Crippen LogP contribution in [-0.2, 0) is 0 Å². The van der Waals surface area contributed by atoms with E-state index in [0.29, 0.717) is 11.7 Å². The molecule has 0 aromatic heterocycles. The van der Waals surface area contributed by atoms with Gasteiger partial charge < -0.3 is 4.74 Å². The van der Waals surface area contributed by atoms with Crippen LogP contribution in [0, 0.1) is 23.6 Å². The Kier molecular flexibility index (Phi) is 5.51. The first-order valence-corrected chi connectivity index (χ1v) is 9.49. The number of ether oxygens (including phenoxy) is 1. The molecule has 3 rings (SSSR count). The Morgan fingerprint density at radius 3 is 2.09 bits per heavy atom. The van der Waals surface area contributed by atoms with Crippen LogP contribution in [0.1, 0.15) is 69.8 Å². The SMILES string of the molecule is COc1ccc(C2CCC(C3CCC(C)CC3)CC2)c(F)c1Cl. The van der Waals surface area contributed by atoms with E-state index in [1.54, 1.807) is 6.07 Å². The molecule has 3 heteroatoms. The van der Waals surface area contributed by atoms with Gasteiger partial charge in [0.15, 0.2) is 0 Å². The summed E-state index contributed by atoms with van der Waals surface area (Å²) in [6.07, 6.45) is 10.3. The van der Waals surface area contributed by atoms with Gasteiger partial charge in [-0.15, -0.1) is 0 Å². The largest absolute Gasteiger partial charge is 0.495 e. The van der Waals surface area contributed by atoms with Crippen LogP contribution < -0.4 is 4.74 Å². The molecule has 0 atom stereocenters. The molecule has 0 bridgehead atoms. The van der Waals surface area contributed by atoms with E-state index in [-0.39, 0.29) is 10.8 Å². The highest BCUT2D eigenvalue weighted by Crippen LogP contribution is 2.45. The second-order valence-corrected chi connectivity index (χ2v) is 7.99. The fourth-order valence-electron chi connectivity index (χ4n) is 4.68. The average molecular weight is 339 g/mol. The fraction of sp³-hybridized carbons (Fsp3) is 0.700. The van der Waals surface area contributed by atoms with Gasteiger partial charge in [0.05, 0.1) is 7.11 Å². The van der Waals surface area contributed by atoms with Crippen LogP contribution in [0.2, 0.25) is 5.02 Å². The van der Waals surface area contributed by atoms with Crippen LogP contribution in [0.15, 0.2) is 12.1 Å². The van der Waals surface area contributed by atoms with E-state index in [4.69, 9.17) is 16.3 Å². The fourth-order valence-corrected chi connectivity index (χ4v) is 4.93. The van der Waals surface area contributed by atoms with Crippen LogP contribution in [0.4, 0.5) is 4.39 Å². The molecule has 0 spiro atoms. The van der Waals surface area contributed by atoms with Crippen LogP contribution >= 0.6 is 11.6 Å². The Hall–Kier alpha value is -0.760. The lowest BCUT2D eigenvalue weighted by molar-refractivity contribution is 0.164. The van der Waals surface area contributed by atoms with E-state index in [2.05, 4.69) is 6.92 Å². The highest BCUT2D eigenvalue weighted by Gasteiger charge is 2.31. The van der Waals surface area contributed by atoms with Gasteiger partial charge in [-0.2, -0.15) is 0 Å². The molecule has 1 nitrogen and oxygen atoms in total. The Balaban J connectivity index is 1.62. The van der Waals surface area contributed by atoms with Gasteiger partial charge in [-0.1, -0.05) is 37.4 Å². The van der Waals surface area contributed by atoms with Crippen molar-refractivity contribution in [2.45, 2.75) is 64.2 Å². The molecule has 0 radical (unpaired) electrons. The highest BCUT2D eigenvalue weighted by molar-refractivity contribution is 6.32. The molecular weight excluding hydrogens is 311 g/mol. The van der Waals surface area contributed by atoms with Gasteiger partial charge in [-0.05, 0) is 73.8 Å². The third-order valence-electron chi connectivity index (χ3n) is 6.24. The van der Waals surface area contributed by atoms with Crippen LogP contribution in [0.25, 0.3) is 0 Å². The number of rotatable bonds is 3. The van der Waals surface area contributed by atoms with E-state index >= 15 is 0 Å². The molecule has 1 aromatic carbocycles. The van der Waals surface area contributed by atoms with E-state index in [1.807, 2.05) is 6.07 Å². The normalized spacial score (nSPS) is 31.8. The van der Waals surface area contributed by atoms with Gasteiger partial charge in [-0.25, -0.2) is 4.39 Å². The monoisotopic (exact) mass is 338 g/mol. The lowest BCUT2D eigenvalue weighted by atomic mass is 9.68. The summed E-state index contributed by atoms with van der Waals surface area (Å²) in [5, 5.41) is 0.133. The highest BCUT2D eigenvalue weighted by atomic mass is 35.5. The summed E-state index contributed by atoms with van der Waals surface area (Å²) in [7, 11) is 1.52. The third-order valence-corrected chi connectivity index (χ3v) is 6.59. The van der Waals surface area contributed by atoms with Gasteiger partial charge in [-0.3, -0.25) is 0 Å². The molecule has 0 saturated heterocycles. The lowest BCUT2D eigenvalue weighted by Gasteiger charge is -2.37. The summed E-state index contributed by atoms with van der Waals surface area (Å²) >= 11 is 6.08. The van der Waals surface area contributed by atoms with Crippen LogP contribution in [-0.4, -0.2) is 7.11 Å². The van der Waals surface area contributed by atoms with Crippen molar-refractivity contribution in [2.24, 2.45) is 17.8 Å². The minimum absolute atomic E-state index is 0.133. The van der Waals surface area contributed by atoms with Crippen molar-refractivity contribution < 1.29 is 9.13 Å². The van der Waals surface area contributed by atoms with Crippen molar-refractivity contribution in [2.75, 3.05) is 7.11 Å². The molecule has 0 aliphatic heterocycles. The second kappa shape index (κ2) is 7.42. The summed E-state index contributed by atoms with van der Waals surface area (Å²) in [5.41, 5.74) is 0.784. The zero-order valence-corrected chi connectivity index (χ0v) is 15.0. The maximum Gasteiger partial charge on any atom is 0.149 e. The molecule has 2 aliphatic carbocycles. The number of benzene rings is 1. The zero-order valence-electron chi connectivity index (χ0n) is 14.3. The van der Waals surface area contributed by atoms with E-state index in [1.165, 1.54) is 45.6 Å². The first-order chi connectivity index (χ1) is 11.1. The van der Waals surface area contributed by atoms with Gasteiger partial charge in [0.2, 0.25) is 0 Å². The number of halogens is 2. The summed E-state index contributed by atoms with van der Waals surface area (Å²) in [6.45, 7) is 2.38. The smallest absolute Gasteiger partial charge is 0.149 e. The number of methoxy groups -OCH3 is 1. The van der Waals surface area contributed by atoms with Crippen molar-refractivity contribution in [3.05, 3.63) is 28.5 Å². The summed E-state index contributed by atoms with van der Waals surface area (Å²) < 4.78 is 19.6. The standard InChI is InChI=1S/C20H28ClFO/c1-13-3-5-14(6-4-13)15-7-9-16(10-8-15)17-11-12-18(23-2)19(21)20(17)22/h11-16H,3-10H2,1-2H3. The topological polar surface area (TPSA) is 9.23 Å². The van der Waals surface area contributed by atoms with Gasteiger partial charge >= 0.3 is 0 Å². The summed E-state index contributed by atoms with van der Waals surface area (Å²) in [5.74, 6) is 3.15. The molecule has 0 N–H and O–H groups in total. The van der Waals surface area contributed by atoms with Crippen molar-refractivity contribution in [1.82, 2.24) is 0 Å². The van der Waals surface area contributed by atoms with E-state index in [0.717, 1.165) is 36.2 Å².